The Hall–Kier alpha value is -3.87. The van der Waals surface area contributed by atoms with Gasteiger partial charge < -0.3 is 10.5 Å². The number of halogens is 1. The van der Waals surface area contributed by atoms with E-state index >= 15 is 0 Å². The highest BCUT2D eigenvalue weighted by Gasteiger charge is 2.26. The van der Waals surface area contributed by atoms with Crippen LogP contribution in [0.1, 0.15) is 46.4 Å². The number of amides is 2. The maximum atomic E-state index is 12.1. The molecule has 0 spiro atoms. The summed E-state index contributed by atoms with van der Waals surface area (Å²) in [5, 5.41) is 10.8. The van der Waals surface area contributed by atoms with E-state index in [2.05, 4.69) is 58.0 Å². The number of carbonyl (C=O) groups is 2. The standard InChI is InChI=1S/C32H35ClN4O4/c1-24(38)37(40)16-6-5-7-25-10-15-30(29(23-25)32(34)39)41-22-21-35-17-19-36(20-18-35)31(26-8-3-2-4-9-26)27-11-13-28(33)14-12-27/h2-4,8-15,23,31,40H,6,16-22H2,1H3,(H2,34,39)/t31-/m1/s1. The van der Waals surface area contributed by atoms with Gasteiger partial charge >= 0.3 is 0 Å². The number of rotatable bonds is 10. The minimum Gasteiger partial charge on any atom is -0.491 e. The molecule has 1 fully saturated rings. The Balaban J connectivity index is 1.31. The van der Waals surface area contributed by atoms with Crippen molar-refractivity contribution >= 4 is 23.4 Å². The molecule has 0 saturated carbocycles. The number of ether oxygens (including phenoxy) is 1. The van der Waals surface area contributed by atoms with Crippen molar-refractivity contribution in [3.63, 3.8) is 0 Å². The lowest BCUT2D eigenvalue weighted by Crippen LogP contribution is -2.48. The zero-order valence-electron chi connectivity index (χ0n) is 23.1. The fraction of sp³-hybridized carbons (Fsp3) is 0.312. The van der Waals surface area contributed by atoms with Gasteiger partial charge in [0, 0.05) is 56.7 Å². The van der Waals surface area contributed by atoms with Gasteiger partial charge in [0.2, 0.25) is 5.91 Å². The van der Waals surface area contributed by atoms with Gasteiger partial charge in [0.25, 0.3) is 5.91 Å². The highest BCUT2D eigenvalue weighted by atomic mass is 35.5. The van der Waals surface area contributed by atoms with Crippen LogP contribution in [-0.2, 0) is 4.79 Å². The normalized spacial score (nSPS) is 14.5. The van der Waals surface area contributed by atoms with Gasteiger partial charge in [-0.05, 0) is 41.5 Å². The lowest BCUT2D eigenvalue weighted by Gasteiger charge is -2.39. The first kappa shape index (κ1) is 30.1. The van der Waals surface area contributed by atoms with Crippen molar-refractivity contribution < 1.29 is 19.5 Å². The first-order valence-corrected chi connectivity index (χ1v) is 14.0. The third-order valence-electron chi connectivity index (χ3n) is 7.03. The Bertz CT molecular complexity index is 1380. The smallest absolute Gasteiger partial charge is 0.252 e. The van der Waals surface area contributed by atoms with Crippen LogP contribution < -0.4 is 10.5 Å². The van der Waals surface area contributed by atoms with Crippen LogP contribution in [-0.4, -0.2) is 77.8 Å². The number of benzene rings is 3. The molecule has 2 amide bonds. The average Bonchev–Trinajstić information content (AvgIpc) is 2.98. The number of primary amides is 1. The molecule has 9 heteroatoms. The molecule has 41 heavy (non-hydrogen) atoms. The van der Waals surface area contributed by atoms with E-state index in [0.717, 1.165) is 37.7 Å². The Labute approximate surface area is 246 Å². The Morgan fingerprint density at radius 1 is 1.02 bits per heavy atom. The van der Waals surface area contributed by atoms with Crippen molar-refractivity contribution in [2.75, 3.05) is 45.9 Å². The van der Waals surface area contributed by atoms with Crippen LogP contribution in [0, 0.1) is 11.8 Å². The van der Waals surface area contributed by atoms with Gasteiger partial charge in [0.05, 0.1) is 18.2 Å². The number of carbonyl (C=O) groups excluding carboxylic acids is 2. The number of nitrogens with zero attached hydrogens (tertiary/aromatic N) is 3. The van der Waals surface area contributed by atoms with Crippen LogP contribution in [0.2, 0.25) is 5.02 Å². The molecule has 0 aliphatic carbocycles. The van der Waals surface area contributed by atoms with E-state index in [1.54, 1.807) is 18.2 Å². The molecule has 1 atom stereocenters. The summed E-state index contributed by atoms with van der Waals surface area (Å²) in [5.74, 6) is 5.19. The van der Waals surface area contributed by atoms with Gasteiger partial charge in [-0.15, -0.1) is 0 Å². The Morgan fingerprint density at radius 2 is 1.71 bits per heavy atom. The van der Waals surface area contributed by atoms with Gasteiger partial charge in [-0.1, -0.05) is 65.9 Å². The van der Waals surface area contributed by atoms with E-state index in [-0.39, 0.29) is 18.2 Å². The van der Waals surface area contributed by atoms with E-state index < -0.39 is 11.8 Å². The molecular weight excluding hydrogens is 540 g/mol. The lowest BCUT2D eigenvalue weighted by molar-refractivity contribution is -0.162. The van der Waals surface area contributed by atoms with Gasteiger partial charge in [-0.2, -0.15) is 0 Å². The maximum Gasteiger partial charge on any atom is 0.252 e. The van der Waals surface area contributed by atoms with Gasteiger partial charge in [-0.3, -0.25) is 24.6 Å². The van der Waals surface area contributed by atoms with Crippen molar-refractivity contribution in [2.45, 2.75) is 19.4 Å². The number of piperazine rings is 1. The van der Waals surface area contributed by atoms with E-state index in [9.17, 15) is 14.8 Å². The molecule has 1 saturated heterocycles. The van der Waals surface area contributed by atoms with Crippen LogP contribution in [0.3, 0.4) is 0 Å². The van der Waals surface area contributed by atoms with E-state index in [4.69, 9.17) is 22.1 Å². The molecule has 4 rings (SSSR count). The second-order valence-electron chi connectivity index (χ2n) is 9.86. The Kier molecular flexibility index (Phi) is 10.8. The molecule has 8 nitrogen and oxygen atoms in total. The number of hydrogen-bond acceptors (Lipinski definition) is 6. The van der Waals surface area contributed by atoms with Gasteiger partial charge in [-0.25, -0.2) is 5.06 Å². The molecule has 214 valence electrons. The molecule has 3 aromatic rings. The maximum absolute atomic E-state index is 12.1. The molecule has 0 bridgehead atoms. The largest absolute Gasteiger partial charge is 0.491 e. The summed E-state index contributed by atoms with van der Waals surface area (Å²) < 4.78 is 5.97. The van der Waals surface area contributed by atoms with Crippen LogP contribution in [0.15, 0.2) is 72.8 Å². The van der Waals surface area contributed by atoms with Crippen LogP contribution >= 0.6 is 11.6 Å². The third kappa shape index (κ3) is 8.56. The minimum absolute atomic E-state index is 0.106. The topological polar surface area (TPSA) is 99.3 Å². The zero-order valence-corrected chi connectivity index (χ0v) is 23.9. The Morgan fingerprint density at radius 3 is 2.37 bits per heavy atom. The molecule has 0 unspecified atom stereocenters. The van der Waals surface area contributed by atoms with E-state index in [1.807, 2.05) is 18.2 Å². The van der Waals surface area contributed by atoms with Crippen molar-refractivity contribution in [1.29, 1.82) is 0 Å². The van der Waals surface area contributed by atoms with Crippen LogP contribution in [0.5, 0.6) is 5.75 Å². The molecule has 0 radical (unpaired) electrons. The van der Waals surface area contributed by atoms with Crippen molar-refractivity contribution in [1.82, 2.24) is 14.9 Å². The molecular formula is C32H35ClN4O4. The molecule has 3 N–H and O–H groups in total. The van der Waals surface area contributed by atoms with Crippen LogP contribution in [0.25, 0.3) is 0 Å². The molecule has 1 aliphatic rings. The summed E-state index contributed by atoms with van der Waals surface area (Å²) in [5.41, 5.74) is 8.95. The summed E-state index contributed by atoms with van der Waals surface area (Å²) in [6, 6.07) is 23.8. The summed E-state index contributed by atoms with van der Waals surface area (Å²) in [4.78, 5) is 28.0. The molecule has 1 heterocycles. The number of hydroxylamine groups is 2. The lowest BCUT2D eigenvalue weighted by atomic mass is 9.96. The summed E-state index contributed by atoms with van der Waals surface area (Å²) in [7, 11) is 0. The first-order chi connectivity index (χ1) is 19.8. The highest BCUT2D eigenvalue weighted by Crippen LogP contribution is 2.30. The number of nitrogens with two attached hydrogens (primary N) is 1. The summed E-state index contributed by atoms with van der Waals surface area (Å²) >= 11 is 6.16. The first-order valence-electron chi connectivity index (χ1n) is 13.6. The fourth-order valence-electron chi connectivity index (χ4n) is 4.83. The number of hydrogen-bond donors (Lipinski definition) is 2. The molecule has 0 aromatic heterocycles. The van der Waals surface area contributed by atoms with Crippen molar-refractivity contribution in [3.05, 3.63) is 100 Å². The fourth-order valence-corrected chi connectivity index (χ4v) is 4.96. The highest BCUT2D eigenvalue weighted by molar-refractivity contribution is 6.30. The summed E-state index contributed by atoms with van der Waals surface area (Å²) in [6.45, 7) is 6.12. The quantitative estimate of drug-likeness (QED) is 0.214. The van der Waals surface area contributed by atoms with Crippen molar-refractivity contribution in [3.8, 4) is 17.6 Å². The minimum atomic E-state index is -0.593. The zero-order chi connectivity index (χ0) is 29.2. The van der Waals surface area contributed by atoms with E-state index in [1.165, 1.54) is 18.1 Å². The predicted molar refractivity (Wildman–Crippen MR) is 159 cm³/mol. The van der Waals surface area contributed by atoms with E-state index in [0.29, 0.717) is 29.4 Å². The van der Waals surface area contributed by atoms with Gasteiger partial charge in [0.1, 0.15) is 12.4 Å². The average molecular weight is 575 g/mol. The monoisotopic (exact) mass is 574 g/mol. The predicted octanol–water partition coefficient (Wildman–Crippen LogP) is 4.20. The van der Waals surface area contributed by atoms with Gasteiger partial charge in [0.15, 0.2) is 0 Å². The third-order valence-corrected chi connectivity index (χ3v) is 7.28. The van der Waals surface area contributed by atoms with Crippen molar-refractivity contribution in [2.24, 2.45) is 5.73 Å². The summed E-state index contributed by atoms with van der Waals surface area (Å²) in [6.07, 6.45) is 0.291. The SMILES string of the molecule is CC(=O)N(O)CCC#Cc1ccc(OCCN2CCN([C@H](c3ccccc3)c3ccc(Cl)cc3)CC2)c(C(N)=O)c1. The second-order valence-corrected chi connectivity index (χ2v) is 10.3. The molecule has 3 aromatic carbocycles. The molecule has 1 aliphatic heterocycles. The van der Waals surface area contributed by atoms with Crippen LogP contribution in [0.4, 0.5) is 0 Å². The second kappa shape index (κ2) is 14.7.